The van der Waals surface area contributed by atoms with Crippen LogP contribution in [-0.4, -0.2) is 64.8 Å². The zero-order valence-corrected chi connectivity index (χ0v) is 20.1. The number of fused-ring (bicyclic) bond motifs is 1. The summed E-state index contributed by atoms with van der Waals surface area (Å²) >= 11 is 0. The first-order valence-corrected chi connectivity index (χ1v) is 12.2. The summed E-state index contributed by atoms with van der Waals surface area (Å²) in [4.78, 5) is 20.0. The maximum atomic E-state index is 13.2. The average molecular weight is 460 g/mol. The van der Waals surface area contributed by atoms with Crippen LogP contribution in [-0.2, 0) is 13.1 Å². The van der Waals surface area contributed by atoms with E-state index in [-0.39, 0.29) is 11.9 Å². The quantitative estimate of drug-likeness (QED) is 0.581. The van der Waals surface area contributed by atoms with Crippen LogP contribution in [0.1, 0.15) is 41.4 Å². The van der Waals surface area contributed by atoms with Gasteiger partial charge in [0.1, 0.15) is 12.4 Å². The summed E-state index contributed by atoms with van der Waals surface area (Å²) in [5, 5.41) is 4.33. The maximum absolute atomic E-state index is 13.2. The molecule has 0 radical (unpaired) electrons. The predicted molar refractivity (Wildman–Crippen MR) is 133 cm³/mol. The molecule has 1 fully saturated rings. The van der Waals surface area contributed by atoms with E-state index in [1.807, 2.05) is 15.8 Å². The van der Waals surface area contributed by atoms with Crippen LogP contribution in [0.25, 0.3) is 0 Å². The smallest absolute Gasteiger partial charge is 0.257 e. The summed E-state index contributed by atoms with van der Waals surface area (Å²) in [7, 11) is 0. The van der Waals surface area contributed by atoms with E-state index in [9.17, 15) is 4.79 Å². The van der Waals surface area contributed by atoms with Crippen molar-refractivity contribution < 1.29 is 9.53 Å². The molecule has 2 aliphatic rings. The molecule has 3 aromatic rings. The fraction of sp³-hybridized carbons (Fsp3) is 0.407. The summed E-state index contributed by atoms with van der Waals surface area (Å²) in [5.74, 6) is 0.886. The molecule has 1 aromatic heterocycles. The fourth-order valence-corrected chi connectivity index (χ4v) is 4.69. The lowest BCUT2D eigenvalue weighted by Crippen LogP contribution is -2.45. The van der Waals surface area contributed by atoms with Crippen molar-refractivity contribution in [1.82, 2.24) is 19.6 Å². The van der Waals surface area contributed by atoms with Crippen LogP contribution in [0, 0.1) is 0 Å². The lowest BCUT2D eigenvalue weighted by atomic mass is 10.1. The number of carbonyl (C=O) groups excluding carboxylic acids is 1. The zero-order chi connectivity index (χ0) is 23.5. The Morgan fingerprint density at radius 1 is 1.03 bits per heavy atom. The average Bonchev–Trinajstić information content (AvgIpc) is 3.27. The van der Waals surface area contributed by atoms with E-state index in [2.05, 4.69) is 77.3 Å². The van der Waals surface area contributed by atoms with Crippen molar-refractivity contribution in [1.29, 1.82) is 0 Å². The van der Waals surface area contributed by atoms with Crippen molar-refractivity contribution in [3.63, 3.8) is 0 Å². The Bertz CT molecular complexity index is 1120. The highest BCUT2D eigenvalue weighted by molar-refractivity contribution is 5.93. The van der Waals surface area contributed by atoms with Crippen LogP contribution in [0.2, 0.25) is 0 Å². The minimum atomic E-state index is 0.00536. The molecule has 0 aliphatic carbocycles. The molecule has 0 bridgehead atoms. The molecule has 1 saturated heterocycles. The molecule has 7 nitrogen and oxygen atoms in total. The molecule has 1 amide bonds. The van der Waals surface area contributed by atoms with Gasteiger partial charge in [-0.1, -0.05) is 24.3 Å². The predicted octanol–water partition coefficient (Wildman–Crippen LogP) is 3.82. The molecule has 0 N–H and O–H groups in total. The van der Waals surface area contributed by atoms with E-state index < -0.39 is 0 Å². The second-order valence-corrected chi connectivity index (χ2v) is 9.42. The number of rotatable bonds is 5. The van der Waals surface area contributed by atoms with Gasteiger partial charge in [0, 0.05) is 62.8 Å². The number of carbonyl (C=O) groups is 1. The van der Waals surface area contributed by atoms with E-state index in [0.717, 1.165) is 44.0 Å². The number of nitrogens with zero attached hydrogens (tertiary/aromatic N) is 5. The Balaban J connectivity index is 1.23. The molecule has 178 valence electrons. The fourth-order valence-electron chi connectivity index (χ4n) is 4.69. The van der Waals surface area contributed by atoms with Gasteiger partial charge in [0.25, 0.3) is 5.91 Å². The molecule has 2 aliphatic heterocycles. The van der Waals surface area contributed by atoms with Gasteiger partial charge in [0.15, 0.2) is 0 Å². The summed E-state index contributed by atoms with van der Waals surface area (Å²) < 4.78 is 7.81. The van der Waals surface area contributed by atoms with Crippen LogP contribution in [0.15, 0.2) is 60.9 Å². The summed E-state index contributed by atoms with van der Waals surface area (Å²) in [6.45, 7) is 10.8. The highest BCUT2D eigenvalue weighted by atomic mass is 16.5. The van der Waals surface area contributed by atoms with Crippen LogP contribution < -0.4 is 9.64 Å². The number of benzene rings is 2. The van der Waals surface area contributed by atoms with Crippen molar-refractivity contribution in [3.05, 3.63) is 77.6 Å². The standard InChI is InChI=1S/C27H33N5O2/c1-21(2)32-20-24(17-28-32)27(33)31-14-15-34-26-9-8-22(16-23(26)19-31)18-29-10-12-30(13-11-29)25-6-4-3-5-7-25/h3-9,16-17,20-21H,10-15,18-19H2,1-2H3. The van der Waals surface area contributed by atoms with Gasteiger partial charge in [-0.05, 0) is 43.7 Å². The van der Waals surface area contributed by atoms with E-state index in [1.165, 1.54) is 11.3 Å². The molecule has 0 saturated carbocycles. The van der Waals surface area contributed by atoms with Gasteiger partial charge in [-0.15, -0.1) is 0 Å². The van der Waals surface area contributed by atoms with Gasteiger partial charge in [-0.2, -0.15) is 5.10 Å². The SMILES string of the molecule is CC(C)n1cc(C(=O)N2CCOc3ccc(CN4CCN(c5ccccc5)CC4)cc3C2)cn1. The highest BCUT2D eigenvalue weighted by Crippen LogP contribution is 2.26. The Morgan fingerprint density at radius 2 is 1.82 bits per heavy atom. The zero-order valence-electron chi connectivity index (χ0n) is 20.1. The van der Waals surface area contributed by atoms with Crippen molar-refractivity contribution in [2.75, 3.05) is 44.2 Å². The molecular weight excluding hydrogens is 426 g/mol. The summed E-state index contributed by atoms with van der Waals surface area (Å²) in [6, 6.07) is 17.3. The van der Waals surface area contributed by atoms with Crippen molar-refractivity contribution in [3.8, 4) is 5.75 Å². The lowest BCUT2D eigenvalue weighted by molar-refractivity contribution is 0.0733. The molecular formula is C27H33N5O2. The molecule has 7 heteroatoms. The summed E-state index contributed by atoms with van der Waals surface area (Å²) in [6.07, 6.45) is 3.51. The van der Waals surface area contributed by atoms with Gasteiger partial charge in [0.05, 0.1) is 18.3 Å². The first kappa shape index (κ1) is 22.5. The first-order valence-electron chi connectivity index (χ1n) is 12.2. The van der Waals surface area contributed by atoms with Gasteiger partial charge >= 0.3 is 0 Å². The largest absolute Gasteiger partial charge is 0.491 e. The lowest BCUT2D eigenvalue weighted by Gasteiger charge is -2.36. The Morgan fingerprint density at radius 3 is 2.56 bits per heavy atom. The highest BCUT2D eigenvalue weighted by Gasteiger charge is 2.23. The molecule has 0 atom stereocenters. The normalized spacial score (nSPS) is 16.8. The van der Waals surface area contributed by atoms with Gasteiger partial charge in [0.2, 0.25) is 0 Å². The first-order chi connectivity index (χ1) is 16.6. The molecule has 0 spiro atoms. The maximum Gasteiger partial charge on any atom is 0.257 e. The second-order valence-electron chi connectivity index (χ2n) is 9.42. The number of amides is 1. The molecule has 0 unspecified atom stereocenters. The van der Waals surface area contributed by atoms with Gasteiger partial charge in [-0.25, -0.2) is 0 Å². The molecule has 3 heterocycles. The third-order valence-corrected chi connectivity index (χ3v) is 6.67. The van der Waals surface area contributed by atoms with Crippen LogP contribution in [0.4, 0.5) is 5.69 Å². The molecule has 34 heavy (non-hydrogen) atoms. The van der Waals surface area contributed by atoms with E-state index in [4.69, 9.17) is 4.74 Å². The molecule has 2 aromatic carbocycles. The second kappa shape index (κ2) is 9.89. The third kappa shape index (κ3) is 4.94. The van der Waals surface area contributed by atoms with Crippen LogP contribution in [0.3, 0.4) is 0 Å². The van der Waals surface area contributed by atoms with E-state index in [0.29, 0.717) is 25.3 Å². The Labute approximate surface area is 201 Å². The van der Waals surface area contributed by atoms with Crippen LogP contribution in [0.5, 0.6) is 5.75 Å². The number of aromatic nitrogens is 2. The number of hydrogen-bond acceptors (Lipinski definition) is 5. The number of ether oxygens (including phenoxy) is 1. The number of para-hydroxylation sites is 1. The van der Waals surface area contributed by atoms with Crippen molar-refractivity contribution in [2.24, 2.45) is 0 Å². The monoisotopic (exact) mass is 459 g/mol. The Kier molecular flexibility index (Phi) is 6.54. The number of hydrogen-bond donors (Lipinski definition) is 0. The van der Waals surface area contributed by atoms with Crippen LogP contribution >= 0.6 is 0 Å². The van der Waals surface area contributed by atoms with Gasteiger partial charge in [-0.3, -0.25) is 14.4 Å². The number of anilines is 1. The number of piperazine rings is 1. The Hall–Kier alpha value is -3.32. The minimum absolute atomic E-state index is 0.00536. The van der Waals surface area contributed by atoms with Crippen molar-refractivity contribution >= 4 is 11.6 Å². The van der Waals surface area contributed by atoms with Gasteiger partial charge < -0.3 is 14.5 Å². The minimum Gasteiger partial charge on any atom is -0.491 e. The summed E-state index contributed by atoms with van der Waals surface area (Å²) in [5.41, 5.74) is 4.26. The van der Waals surface area contributed by atoms with E-state index in [1.54, 1.807) is 6.20 Å². The topological polar surface area (TPSA) is 53.8 Å². The van der Waals surface area contributed by atoms with Crippen molar-refractivity contribution in [2.45, 2.75) is 33.0 Å². The third-order valence-electron chi connectivity index (χ3n) is 6.67. The molecule has 5 rings (SSSR count). The van der Waals surface area contributed by atoms with E-state index >= 15 is 0 Å².